The number of hydrogen-bond donors (Lipinski definition) is 2. The number of furan rings is 1. The minimum absolute atomic E-state index is 0.0897. The SMILES string of the molecule is OCCOCCCNCc1cc2ccccc2o1. The van der Waals surface area contributed by atoms with Gasteiger partial charge in [-0.15, -0.1) is 0 Å². The molecule has 1 aromatic carbocycles. The van der Waals surface area contributed by atoms with Gasteiger partial charge in [0.1, 0.15) is 11.3 Å². The Hall–Kier alpha value is -1.36. The minimum Gasteiger partial charge on any atom is -0.460 e. The van der Waals surface area contributed by atoms with Gasteiger partial charge in [0.2, 0.25) is 0 Å². The maximum Gasteiger partial charge on any atom is 0.134 e. The van der Waals surface area contributed by atoms with Crippen LogP contribution in [0.1, 0.15) is 12.2 Å². The summed E-state index contributed by atoms with van der Waals surface area (Å²) in [6.45, 7) is 2.79. The maximum atomic E-state index is 8.53. The van der Waals surface area contributed by atoms with Crippen molar-refractivity contribution in [2.45, 2.75) is 13.0 Å². The first-order valence-electron chi connectivity index (χ1n) is 6.27. The molecule has 98 valence electrons. The monoisotopic (exact) mass is 249 g/mol. The van der Waals surface area contributed by atoms with E-state index in [0.29, 0.717) is 13.2 Å². The van der Waals surface area contributed by atoms with Crippen LogP contribution in [0.25, 0.3) is 11.0 Å². The number of aliphatic hydroxyl groups is 1. The molecule has 0 spiro atoms. The van der Waals surface area contributed by atoms with E-state index in [1.165, 1.54) is 0 Å². The van der Waals surface area contributed by atoms with Crippen LogP contribution in [-0.4, -0.2) is 31.5 Å². The van der Waals surface area contributed by atoms with Crippen molar-refractivity contribution < 1.29 is 14.3 Å². The Labute approximate surface area is 107 Å². The van der Waals surface area contributed by atoms with Crippen molar-refractivity contribution in [3.8, 4) is 0 Å². The summed E-state index contributed by atoms with van der Waals surface area (Å²) in [4.78, 5) is 0. The highest BCUT2D eigenvalue weighted by Gasteiger charge is 2.01. The molecule has 1 aromatic heterocycles. The van der Waals surface area contributed by atoms with Crippen LogP contribution in [0.3, 0.4) is 0 Å². The van der Waals surface area contributed by atoms with Gasteiger partial charge in [-0.2, -0.15) is 0 Å². The van der Waals surface area contributed by atoms with E-state index < -0.39 is 0 Å². The molecular weight excluding hydrogens is 230 g/mol. The van der Waals surface area contributed by atoms with Gasteiger partial charge < -0.3 is 19.6 Å². The number of rotatable bonds is 8. The fourth-order valence-electron chi connectivity index (χ4n) is 1.80. The molecule has 0 fully saturated rings. The number of benzene rings is 1. The van der Waals surface area contributed by atoms with Crippen LogP contribution >= 0.6 is 0 Å². The van der Waals surface area contributed by atoms with Gasteiger partial charge >= 0.3 is 0 Å². The molecule has 2 N–H and O–H groups in total. The normalized spacial score (nSPS) is 11.2. The van der Waals surface area contributed by atoms with Crippen LogP contribution in [0.5, 0.6) is 0 Å². The predicted molar refractivity (Wildman–Crippen MR) is 70.4 cm³/mol. The summed E-state index contributed by atoms with van der Waals surface area (Å²) in [5.74, 6) is 0.951. The molecule has 0 radical (unpaired) electrons. The van der Waals surface area contributed by atoms with Gasteiger partial charge in [-0.25, -0.2) is 0 Å². The Morgan fingerprint density at radius 3 is 2.94 bits per heavy atom. The Balaban J connectivity index is 1.67. The van der Waals surface area contributed by atoms with E-state index in [2.05, 4.69) is 11.4 Å². The third-order valence-electron chi connectivity index (χ3n) is 2.65. The maximum absolute atomic E-state index is 8.53. The molecule has 0 saturated heterocycles. The molecule has 0 bridgehead atoms. The summed E-state index contributed by atoms with van der Waals surface area (Å²) in [7, 11) is 0. The van der Waals surface area contributed by atoms with Crippen molar-refractivity contribution in [2.75, 3.05) is 26.4 Å². The molecule has 2 rings (SSSR count). The second-order valence-electron chi connectivity index (χ2n) is 4.12. The van der Waals surface area contributed by atoms with Crippen molar-refractivity contribution in [1.29, 1.82) is 0 Å². The van der Waals surface area contributed by atoms with Crippen LogP contribution in [0.4, 0.5) is 0 Å². The van der Waals surface area contributed by atoms with Gasteiger partial charge in [-0.3, -0.25) is 0 Å². The summed E-state index contributed by atoms with van der Waals surface area (Å²) >= 11 is 0. The Bertz CT molecular complexity index is 434. The van der Waals surface area contributed by atoms with Crippen LogP contribution < -0.4 is 5.32 Å². The van der Waals surface area contributed by atoms with E-state index >= 15 is 0 Å². The molecule has 0 amide bonds. The number of ether oxygens (including phenoxy) is 1. The number of para-hydroxylation sites is 1. The highest BCUT2D eigenvalue weighted by Crippen LogP contribution is 2.18. The van der Waals surface area contributed by atoms with E-state index in [4.69, 9.17) is 14.3 Å². The van der Waals surface area contributed by atoms with Gasteiger partial charge in [0.15, 0.2) is 0 Å². The molecule has 18 heavy (non-hydrogen) atoms. The molecule has 0 atom stereocenters. The third-order valence-corrected chi connectivity index (χ3v) is 2.65. The highest BCUT2D eigenvalue weighted by atomic mass is 16.5. The summed E-state index contributed by atoms with van der Waals surface area (Å²) in [5, 5.41) is 13.0. The number of hydrogen-bond acceptors (Lipinski definition) is 4. The summed E-state index contributed by atoms with van der Waals surface area (Å²) in [6, 6.07) is 10.1. The summed E-state index contributed by atoms with van der Waals surface area (Å²) in [6.07, 6.45) is 0.931. The lowest BCUT2D eigenvalue weighted by Crippen LogP contribution is -2.16. The Kier molecular flexibility index (Phi) is 5.20. The van der Waals surface area contributed by atoms with Gasteiger partial charge in [0.05, 0.1) is 19.8 Å². The molecule has 1 heterocycles. The first kappa shape index (κ1) is 13.1. The lowest BCUT2D eigenvalue weighted by molar-refractivity contribution is 0.0906. The van der Waals surface area contributed by atoms with Crippen molar-refractivity contribution in [3.05, 3.63) is 36.1 Å². The highest BCUT2D eigenvalue weighted by molar-refractivity contribution is 5.77. The first-order chi connectivity index (χ1) is 8.90. The molecule has 4 nitrogen and oxygen atoms in total. The van der Waals surface area contributed by atoms with E-state index in [0.717, 1.165) is 36.2 Å². The lowest BCUT2D eigenvalue weighted by atomic mass is 10.2. The second kappa shape index (κ2) is 7.16. The fourth-order valence-corrected chi connectivity index (χ4v) is 1.80. The van der Waals surface area contributed by atoms with Crippen molar-refractivity contribution in [2.24, 2.45) is 0 Å². The topological polar surface area (TPSA) is 54.6 Å². The van der Waals surface area contributed by atoms with E-state index in [1.807, 2.05) is 24.3 Å². The fraction of sp³-hybridized carbons (Fsp3) is 0.429. The molecule has 0 saturated carbocycles. The Morgan fingerprint density at radius 1 is 1.22 bits per heavy atom. The van der Waals surface area contributed by atoms with Crippen molar-refractivity contribution in [1.82, 2.24) is 5.32 Å². The van der Waals surface area contributed by atoms with E-state index in [9.17, 15) is 0 Å². The largest absolute Gasteiger partial charge is 0.460 e. The molecule has 4 heteroatoms. The molecule has 0 aliphatic heterocycles. The Morgan fingerprint density at radius 2 is 2.11 bits per heavy atom. The molecular formula is C14H19NO3. The lowest BCUT2D eigenvalue weighted by Gasteiger charge is -2.03. The van der Waals surface area contributed by atoms with Crippen molar-refractivity contribution >= 4 is 11.0 Å². The second-order valence-corrected chi connectivity index (χ2v) is 4.12. The standard InChI is InChI=1S/C14H19NO3/c16-7-9-17-8-3-6-15-11-13-10-12-4-1-2-5-14(12)18-13/h1-2,4-5,10,15-16H,3,6-9,11H2. The van der Waals surface area contributed by atoms with E-state index in [1.54, 1.807) is 0 Å². The quantitative estimate of drug-likeness (QED) is 0.702. The van der Waals surface area contributed by atoms with E-state index in [-0.39, 0.29) is 6.61 Å². The number of nitrogens with one attached hydrogen (secondary N) is 1. The minimum atomic E-state index is 0.0897. The molecule has 0 unspecified atom stereocenters. The van der Waals surface area contributed by atoms with Crippen LogP contribution in [0, 0.1) is 0 Å². The third kappa shape index (κ3) is 3.84. The zero-order valence-corrected chi connectivity index (χ0v) is 10.4. The van der Waals surface area contributed by atoms with Crippen molar-refractivity contribution in [3.63, 3.8) is 0 Å². The average Bonchev–Trinajstić information content (AvgIpc) is 2.80. The van der Waals surface area contributed by atoms with Crippen LogP contribution in [-0.2, 0) is 11.3 Å². The summed E-state index contributed by atoms with van der Waals surface area (Å²) < 4.78 is 10.9. The zero-order valence-electron chi connectivity index (χ0n) is 10.4. The smallest absolute Gasteiger partial charge is 0.134 e. The van der Waals surface area contributed by atoms with Gasteiger partial charge in [0.25, 0.3) is 0 Å². The van der Waals surface area contributed by atoms with Crippen LogP contribution in [0.2, 0.25) is 0 Å². The zero-order chi connectivity index (χ0) is 12.6. The van der Waals surface area contributed by atoms with Gasteiger partial charge in [0, 0.05) is 12.0 Å². The first-order valence-corrected chi connectivity index (χ1v) is 6.27. The van der Waals surface area contributed by atoms with Gasteiger partial charge in [-0.05, 0) is 25.1 Å². The number of fused-ring (bicyclic) bond motifs is 1. The molecule has 0 aliphatic carbocycles. The van der Waals surface area contributed by atoms with Gasteiger partial charge in [-0.1, -0.05) is 18.2 Å². The number of aliphatic hydroxyl groups excluding tert-OH is 1. The molecule has 2 aromatic rings. The molecule has 0 aliphatic rings. The predicted octanol–water partition coefficient (Wildman–Crippen LogP) is 1.92. The average molecular weight is 249 g/mol. The summed E-state index contributed by atoms with van der Waals surface area (Å²) in [5.41, 5.74) is 0.931. The van der Waals surface area contributed by atoms with Crippen LogP contribution in [0.15, 0.2) is 34.7 Å².